The Balaban J connectivity index is 1.80. The van der Waals surface area contributed by atoms with Gasteiger partial charge in [-0.1, -0.05) is 39.3 Å². The number of hydrogen-bond acceptors (Lipinski definition) is 6. The third-order valence-corrected chi connectivity index (χ3v) is 4.99. The van der Waals surface area contributed by atoms with E-state index >= 15 is 0 Å². The van der Waals surface area contributed by atoms with Crippen LogP contribution in [-0.2, 0) is 14.3 Å². The molecule has 28 heavy (non-hydrogen) atoms. The Hall–Kier alpha value is -2.41. The molecule has 6 nitrogen and oxygen atoms in total. The van der Waals surface area contributed by atoms with E-state index in [-0.39, 0.29) is 11.9 Å². The van der Waals surface area contributed by atoms with Crippen LogP contribution in [0, 0.1) is 5.41 Å². The topological polar surface area (TPSA) is 80.3 Å². The Morgan fingerprint density at radius 1 is 1.11 bits per heavy atom. The number of unbranched alkanes of at least 4 members (excludes halogenated alkanes) is 2. The summed E-state index contributed by atoms with van der Waals surface area (Å²) in [6.07, 6.45) is 3.27. The number of amides is 1. The molecule has 0 saturated carbocycles. The summed E-state index contributed by atoms with van der Waals surface area (Å²) >= 11 is 1.57. The van der Waals surface area contributed by atoms with Crippen LogP contribution in [-0.4, -0.2) is 30.5 Å². The number of nitrogens with zero attached hydrogens (tertiary/aromatic N) is 1. The van der Waals surface area contributed by atoms with Crippen molar-refractivity contribution in [1.29, 1.82) is 0 Å². The first kappa shape index (κ1) is 21.9. The molecular weight excluding hydrogens is 374 g/mol. The van der Waals surface area contributed by atoms with Gasteiger partial charge >= 0.3 is 5.97 Å². The van der Waals surface area contributed by atoms with E-state index in [1.165, 1.54) is 7.11 Å². The largest absolute Gasteiger partial charge is 0.469 e. The highest BCUT2D eigenvalue weighted by molar-refractivity contribution is 7.14. The molecule has 0 aliphatic rings. The van der Waals surface area contributed by atoms with E-state index in [1.807, 2.05) is 50.4 Å². The number of methoxy groups -OCH3 is 1. The molecule has 0 aliphatic carbocycles. The second-order valence-corrected chi connectivity index (χ2v) is 8.49. The van der Waals surface area contributed by atoms with Crippen LogP contribution < -0.4 is 10.6 Å². The van der Waals surface area contributed by atoms with Gasteiger partial charge in [0.05, 0.1) is 12.8 Å². The summed E-state index contributed by atoms with van der Waals surface area (Å²) in [4.78, 5) is 27.7. The molecule has 1 aromatic heterocycles. The fraction of sp³-hybridized carbons (Fsp3) is 0.476. The molecule has 0 unspecified atom stereocenters. The normalized spacial score (nSPS) is 11.1. The zero-order chi connectivity index (χ0) is 20.6. The number of ether oxygens (including phenoxy) is 1. The fourth-order valence-electron chi connectivity index (χ4n) is 2.40. The van der Waals surface area contributed by atoms with Crippen LogP contribution in [0.5, 0.6) is 0 Å². The highest BCUT2D eigenvalue weighted by Crippen LogP contribution is 2.26. The van der Waals surface area contributed by atoms with Crippen molar-refractivity contribution in [3.63, 3.8) is 0 Å². The lowest BCUT2D eigenvalue weighted by molar-refractivity contribution is -0.140. The van der Waals surface area contributed by atoms with Gasteiger partial charge in [0, 0.05) is 35.0 Å². The minimum atomic E-state index is -0.423. The predicted molar refractivity (Wildman–Crippen MR) is 115 cm³/mol. The Morgan fingerprint density at radius 3 is 2.46 bits per heavy atom. The highest BCUT2D eigenvalue weighted by Gasteiger charge is 2.21. The first-order valence-electron chi connectivity index (χ1n) is 9.47. The summed E-state index contributed by atoms with van der Waals surface area (Å²) in [7, 11) is 1.42. The molecule has 0 radical (unpaired) electrons. The van der Waals surface area contributed by atoms with E-state index in [1.54, 1.807) is 11.3 Å². The molecule has 0 bridgehead atoms. The molecule has 0 saturated heterocycles. The summed E-state index contributed by atoms with van der Waals surface area (Å²) in [5.41, 5.74) is 2.28. The predicted octanol–water partition coefficient (Wildman–Crippen LogP) is 4.94. The monoisotopic (exact) mass is 403 g/mol. The van der Waals surface area contributed by atoms with Crippen molar-refractivity contribution in [3.05, 3.63) is 29.6 Å². The van der Waals surface area contributed by atoms with Gasteiger partial charge in [0.2, 0.25) is 5.91 Å². The molecule has 1 aromatic carbocycles. The van der Waals surface area contributed by atoms with Gasteiger partial charge in [-0.25, -0.2) is 4.98 Å². The zero-order valence-corrected chi connectivity index (χ0v) is 17.8. The third kappa shape index (κ3) is 6.96. The van der Waals surface area contributed by atoms with Gasteiger partial charge in [0.25, 0.3) is 0 Å². The molecular formula is C21H29N3O3S. The number of rotatable bonds is 9. The molecule has 2 N–H and O–H groups in total. The smallest absolute Gasteiger partial charge is 0.305 e. The summed E-state index contributed by atoms with van der Waals surface area (Å²) in [5.74, 6) is -0.159. The summed E-state index contributed by atoms with van der Waals surface area (Å²) < 4.78 is 4.63. The molecule has 0 aliphatic heterocycles. The standard InChI is InChI=1S/C21H29N3O3S/c1-21(2,3)19(26)23-16-11-9-15(10-12-16)17-14-28-20(24-17)22-13-7-5-6-8-18(25)27-4/h9-12,14H,5-8,13H2,1-4H3,(H,22,24)(H,23,26). The van der Waals surface area contributed by atoms with Gasteiger partial charge in [0.15, 0.2) is 5.13 Å². The molecule has 0 fully saturated rings. The van der Waals surface area contributed by atoms with Crippen LogP contribution in [0.2, 0.25) is 0 Å². The van der Waals surface area contributed by atoms with Gasteiger partial charge in [-0.3, -0.25) is 9.59 Å². The summed E-state index contributed by atoms with van der Waals surface area (Å²) in [6, 6.07) is 7.72. The summed E-state index contributed by atoms with van der Waals surface area (Å²) in [6.45, 7) is 6.49. The molecule has 152 valence electrons. The number of nitrogens with one attached hydrogen (secondary N) is 2. The Labute approximate surface area is 170 Å². The van der Waals surface area contributed by atoms with Gasteiger partial charge in [-0.2, -0.15) is 0 Å². The van der Waals surface area contributed by atoms with Gasteiger partial charge < -0.3 is 15.4 Å². The minimum absolute atomic E-state index is 0.00743. The molecule has 2 rings (SSSR count). The van der Waals surface area contributed by atoms with Gasteiger partial charge in [-0.05, 0) is 25.0 Å². The van der Waals surface area contributed by atoms with E-state index in [2.05, 4.69) is 20.4 Å². The van der Waals surface area contributed by atoms with Crippen LogP contribution in [0.4, 0.5) is 10.8 Å². The maximum Gasteiger partial charge on any atom is 0.305 e. The average Bonchev–Trinajstić information content (AvgIpc) is 3.13. The number of carbonyl (C=O) groups excluding carboxylic acids is 2. The molecule has 1 heterocycles. The summed E-state index contributed by atoms with van der Waals surface area (Å²) in [5, 5.41) is 9.15. The Morgan fingerprint density at radius 2 is 1.82 bits per heavy atom. The van der Waals surface area contributed by atoms with Crippen LogP contribution in [0.1, 0.15) is 46.5 Å². The maximum absolute atomic E-state index is 12.1. The fourth-order valence-corrected chi connectivity index (χ4v) is 3.15. The highest BCUT2D eigenvalue weighted by atomic mass is 32.1. The van der Waals surface area contributed by atoms with Crippen molar-refractivity contribution in [2.75, 3.05) is 24.3 Å². The number of hydrogen-bond donors (Lipinski definition) is 2. The molecule has 0 atom stereocenters. The first-order chi connectivity index (χ1) is 13.3. The quantitative estimate of drug-likeness (QED) is 0.458. The van der Waals surface area contributed by atoms with Crippen molar-refractivity contribution >= 4 is 34.0 Å². The van der Waals surface area contributed by atoms with Crippen LogP contribution in [0.3, 0.4) is 0 Å². The van der Waals surface area contributed by atoms with E-state index in [9.17, 15) is 9.59 Å². The Bertz CT molecular complexity index is 779. The number of carbonyl (C=O) groups is 2. The number of anilines is 2. The van der Waals surface area contributed by atoms with Crippen LogP contribution in [0.15, 0.2) is 29.6 Å². The van der Waals surface area contributed by atoms with Crippen molar-refractivity contribution in [2.45, 2.75) is 46.5 Å². The third-order valence-electron chi connectivity index (χ3n) is 4.19. The molecule has 2 aromatic rings. The molecule has 0 spiro atoms. The Kier molecular flexibility index (Phi) is 7.99. The van der Waals surface area contributed by atoms with Crippen molar-refractivity contribution in [3.8, 4) is 11.3 Å². The number of esters is 1. The molecule has 1 amide bonds. The number of thiazole rings is 1. The van der Waals surface area contributed by atoms with E-state index in [0.29, 0.717) is 6.42 Å². The van der Waals surface area contributed by atoms with E-state index < -0.39 is 5.41 Å². The number of benzene rings is 1. The first-order valence-corrected chi connectivity index (χ1v) is 10.4. The lowest BCUT2D eigenvalue weighted by Gasteiger charge is -2.17. The SMILES string of the molecule is COC(=O)CCCCCNc1nc(-c2ccc(NC(=O)C(C)(C)C)cc2)cs1. The lowest BCUT2D eigenvalue weighted by Crippen LogP contribution is -2.27. The van der Waals surface area contributed by atoms with Crippen LogP contribution >= 0.6 is 11.3 Å². The second-order valence-electron chi connectivity index (χ2n) is 7.63. The van der Waals surface area contributed by atoms with Crippen molar-refractivity contribution in [1.82, 2.24) is 4.98 Å². The minimum Gasteiger partial charge on any atom is -0.469 e. The molecule has 7 heteroatoms. The zero-order valence-electron chi connectivity index (χ0n) is 17.0. The second kappa shape index (κ2) is 10.2. The average molecular weight is 404 g/mol. The van der Waals surface area contributed by atoms with E-state index in [4.69, 9.17) is 0 Å². The maximum atomic E-state index is 12.1. The lowest BCUT2D eigenvalue weighted by atomic mass is 9.95. The van der Waals surface area contributed by atoms with Crippen molar-refractivity contribution < 1.29 is 14.3 Å². The van der Waals surface area contributed by atoms with Crippen molar-refractivity contribution in [2.24, 2.45) is 5.41 Å². The van der Waals surface area contributed by atoms with Crippen LogP contribution in [0.25, 0.3) is 11.3 Å². The van der Waals surface area contributed by atoms with E-state index in [0.717, 1.165) is 47.9 Å². The van der Waals surface area contributed by atoms with Gasteiger partial charge in [-0.15, -0.1) is 11.3 Å². The number of aromatic nitrogens is 1. The van der Waals surface area contributed by atoms with Gasteiger partial charge in [0.1, 0.15) is 0 Å².